The van der Waals surface area contributed by atoms with Gasteiger partial charge in [0.05, 0.1) is 36.4 Å². The van der Waals surface area contributed by atoms with Gasteiger partial charge in [0, 0.05) is 26.1 Å². The van der Waals surface area contributed by atoms with Crippen molar-refractivity contribution < 1.29 is 27.5 Å². The molecule has 2 aromatic rings. The molecule has 1 aliphatic rings. The van der Waals surface area contributed by atoms with Gasteiger partial charge in [-0.2, -0.15) is 0 Å². The summed E-state index contributed by atoms with van der Waals surface area (Å²) >= 11 is 0. The lowest BCUT2D eigenvalue weighted by atomic mass is 10.1. The fourth-order valence-electron chi connectivity index (χ4n) is 3.73. The number of nitrogens with one attached hydrogen (secondary N) is 2. The molecule has 0 spiro atoms. The van der Waals surface area contributed by atoms with E-state index in [1.807, 2.05) is 0 Å². The number of methoxy groups -OCH3 is 1. The first kappa shape index (κ1) is 25.5. The van der Waals surface area contributed by atoms with Gasteiger partial charge in [-0.25, -0.2) is 8.42 Å². The molecular weight excluding hydrogens is 458 g/mol. The van der Waals surface area contributed by atoms with Crippen LogP contribution in [0.5, 0.6) is 5.75 Å². The molecule has 0 bridgehead atoms. The summed E-state index contributed by atoms with van der Waals surface area (Å²) in [6, 6.07) is 13.5. The number of carbonyl (C=O) groups excluding carboxylic acids is 2. The molecule has 2 N–H and O–H groups in total. The van der Waals surface area contributed by atoms with Gasteiger partial charge in [-0.15, -0.1) is 0 Å². The maximum atomic E-state index is 12.6. The van der Waals surface area contributed by atoms with Crippen molar-refractivity contribution in [2.45, 2.75) is 31.8 Å². The number of hydrogen-bond acceptors (Lipinski definition) is 6. The van der Waals surface area contributed by atoms with Crippen LogP contribution in [-0.2, 0) is 19.6 Å². The average Bonchev–Trinajstić information content (AvgIpc) is 3.34. The molecule has 0 aliphatic carbocycles. The number of rotatable bonds is 11. The van der Waals surface area contributed by atoms with Crippen molar-refractivity contribution in [2.24, 2.45) is 0 Å². The fourth-order valence-corrected chi connectivity index (χ4v) is 4.69. The molecule has 0 saturated carbocycles. The van der Waals surface area contributed by atoms with Gasteiger partial charge in [-0.3, -0.25) is 13.9 Å². The largest absolute Gasteiger partial charge is 0.497 e. The number of sulfonamides is 1. The maximum Gasteiger partial charge on any atom is 0.253 e. The first-order valence-corrected chi connectivity index (χ1v) is 13.0. The van der Waals surface area contributed by atoms with E-state index in [0.717, 1.165) is 19.1 Å². The van der Waals surface area contributed by atoms with Crippen molar-refractivity contribution in [2.75, 3.05) is 42.7 Å². The molecule has 1 heterocycles. The van der Waals surface area contributed by atoms with Crippen LogP contribution in [0.1, 0.15) is 36.0 Å². The number of hydrogen-bond donors (Lipinski definition) is 2. The molecule has 1 aliphatic heterocycles. The Kier molecular flexibility index (Phi) is 8.89. The molecule has 2 aromatic carbocycles. The zero-order valence-corrected chi connectivity index (χ0v) is 20.3. The summed E-state index contributed by atoms with van der Waals surface area (Å²) in [5, 5.41) is 5.63. The number of ether oxygens (including phenoxy) is 2. The first-order valence-electron chi connectivity index (χ1n) is 11.2. The van der Waals surface area contributed by atoms with E-state index < -0.39 is 10.0 Å². The van der Waals surface area contributed by atoms with Crippen LogP contribution in [0, 0.1) is 0 Å². The van der Waals surface area contributed by atoms with E-state index in [1.165, 1.54) is 11.4 Å². The Morgan fingerprint density at radius 1 is 1.15 bits per heavy atom. The Hall–Kier alpha value is -3.11. The Morgan fingerprint density at radius 3 is 2.53 bits per heavy atom. The van der Waals surface area contributed by atoms with Crippen molar-refractivity contribution in [1.82, 2.24) is 5.32 Å². The van der Waals surface area contributed by atoms with Crippen molar-refractivity contribution in [3.8, 4) is 5.75 Å². The number of nitrogens with zero attached hydrogens (tertiary/aromatic N) is 1. The molecule has 1 atom stereocenters. The molecule has 34 heavy (non-hydrogen) atoms. The van der Waals surface area contributed by atoms with E-state index in [9.17, 15) is 18.0 Å². The predicted octanol–water partition coefficient (Wildman–Crippen LogP) is 2.79. The van der Waals surface area contributed by atoms with Crippen molar-refractivity contribution in [3.05, 3.63) is 54.1 Å². The van der Waals surface area contributed by atoms with E-state index in [-0.39, 0.29) is 30.9 Å². The van der Waals surface area contributed by atoms with Gasteiger partial charge in [-0.05, 0) is 55.7 Å². The molecule has 2 amide bonds. The second-order valence-electron chi connectivity index (χ2n) is 8.08. The van der Waals surface area contributed by atoms with Gasteiger partial charge in [0.25, 0.3) is 5.91 Å². The lowest BCUT2D eigenvalue weighted by molar-refractivity contribution is -0.116. The monoisotopic (exact) mass is 489 g/mol. The van der Waals surface area contributed by atoms with Crippen molar-refractivity contribution in [3.63, 3.8) is 0 Å². The van der Waals surface area contributed by atoms with Crippen LogP contribution in [0.3, 0.4) is 0 Å². The highest BCUT2D eigenvalue weighted by atomic mass is 32.2. The summed E-state index contributed by atoms with van der Waals surface area (Å²) in [6.45, 7) is 1.28. The fraction of sp³-hybridized carbons (Fsp3) is 0.417. The van der Waals surface area contributed by atoms with E-state index in [2.05, 4.69) is 10.6 Å². The zero-order chi connectivity index (χ0) is 24.6. The van der Waals surface area contributed by atoms with Crippen molar-refractivity contribution >= 4 is 33.2 Å². The van der Waals surface area contributed by atoms with Crippen LogP contribution in [0.25, 0.3) is 0 Å². The third-order valence-corrected chi connectivity index (χ3v) is 6.68. The maximum absolute atomic E-state index is 12.6. The first-order chi connectivity index (χ1) is 16.3. The van der Waals surface area contributed by atoms with Gasteiger partial charge in [-0.1, -0.05) is 12.1 Å². The quantitative estimate of drug-likeness (QED) is 0.502. The SMILES string of the molecule is COc1ccc(N(CCCC(=O)Nc2ccccc2C(=O)NC[C@H]2CCCO2)S(C)(=O)=O)cc1. The van der Waals surface area contributed by atoms with E-state index >= 15 is 0 Å². The van der Waals surface area contributed by atoms with Crippen molar-refractivity contribution in [1.29, 1.82) is 0 Å². The molecule has 0 aromatic heterocycles. The summed E-state index contributed by atoms with van der Waals surface area (Å²) in [6.07, 6.45) is 3.45. The van der Waals surface area contributed by atoms with Crippen LogP contribution in [0.4, 0.5) is 11.4 Å². The average molecular weight is 490 g/mol. The smallest absolute Gasteiger partial charge is 0.253 e. The molecule has 9 nitrogen and oxygen atoms in total. The van der Waals surface area contributed by atoms with Gasteiger partial charge in [0.1, 0.15) is 5.75 Å². The molecule has 0 radical (unpaired) electrons. The Labute approximate surface area is 200 Å². The third-order valence-electron chi connectivity index (χ3n) is 5.49. The summed E-state index contributed by atoms with van der Waals surface area (Å²) in [4.78, 5) is 25.2. The standard InChI is InChI=1S/C24H31N3O6S/c1-32-19-13-11-18(12-14-19)27(34(2,30)31)15-5-10-23(28)26-22-9-4-3-8-21(22)24(29)25-17-20-7-6-16-33-20/h3-4,8-9,11-14,20H,5-7,10,15-17H2,1-2H3,(H,25,29)(H,26,28)/t20-/m1/s1. The summed E-state index contributed by atoms with van der Waals surface area (Å²) in [7, 11) is -1.99. The molecular formula is C24H31N3O6S. The van der Waals surface area contributed by atoms with E-state index in [1.54, 1.807) is 48.5 Å². The Balaban J connectivity index is 1.56. The molecule has 184 valence electrons. The van der Waals surface area contributed by atoms with Crippen LogP contribution in [0.15, 0.2) is 48.5 Å². The molecule has 10 heteroatoms. The second-order valence-corrected chi connectivity index (χ2v) is 9.98. The summed E-state index contributed by atoms with van der Waals surface area (Å²) in [5.74, 6) is 0.0340. The highest BCUT2D eigenvalue weighted by Crippen LogP contribution is 2.22. The lowest BCUT2D eigenvalue weighted by Gasteiger charge is -2.22. The number of para-hydroxylation sites is 1. The minimum absolute atomic E-state index is 0.0224. The molecule has 1 saturated heterocycles. The minimum atomic E-state index is -3.53. The summed E-state index contributed by atoms with van der Waals surface area (Å²) < 4.78 is 36.4. The van der Waals surface area contributed by atoms with E-state index in [4.69, 9.17) is 9.47 Å². The Morgan fingerprint density at radius 2 is 1.88 bits per heavy atom. The summed E-state index contributed by atoms with van der Waals surface area (Å²) in [5.41, 5.74) is 1.27. The Bertz CT molecular complexity index is 1080. The van der Waals surface area contributed by atoms with E-state index in [0.29, 0.717) is 42.3 Å². The number of anilines is 2. The minimum Gasteiger partial charge on any atom is -0.497 e. The third kappa shape index (κ3) is 7.19. The molecule has 1 fully saturated rings. The number of carbonyl (C=O) groups is 2. The van der Waals surface area contributed by atoms with Crippen LogP contribution in [-0.4, -0.2) is 59.4 Å². The number of amides is 2. The van der Waals surface area contributed by atoms with Gasteiger partial charge in [0.15, 0.2) is 0 Å². The van der Waals surface area contributed by atoms with Crippen LogP contribution < -0.4 is 19.7 Å². The predicted molar refractivity (Wildman–Crippen MR) is 131 cm³/mol. The zero-order valence-electron chi connectivity index (χ0n) is 19.5. The molecule has 3 rings (SSSR count). The van der Waals surface area contributed by atoms with Gasteiger partial charge < -0.3 is 20.1 Å². The topological polar surface area (TPSA) is 114 Å². The molecule has 0 unspecified atom stereocenters. The van der Waals surface area contributed by atoms with Gasteiger partial charge in [0.2, 0.25) is 15.9 Å². The number of benzene rings is 2. The normalized spacial score (nSPS) is 15.5. The van der Waals surface area contributed by atoms with Crippen LogP contribution in [0.2, 0.25) is 0 Å². The highest BCUT2D eigenvalue weighted by Gasteiger charge is 2.20. The second kappa shape index (κ2) is 11.8. The lowest BCUT2D eigenvalue weighted by Crippen LogP contribution is -2.32. The highest BCUT2D eigenvalue weighted by molar-refractivity contribution is 7.92. The van der Waals surface area contributed by atoms with Crippen LogP contribution >= 0.6 is 0 Å². The van der Waals surface area contributed by atoms with Gasteiger partial charge >= 0.3 is 0 Å².